The van der Waals surface area contributed by atoms with Crippen LogP contribution in [0.1, 0.15) is 30.5 Å². The SMILES string of the molecule is CS(=O)(=O)N1CCC[C@H](c2nnc(C(F)(F)F)o2)C1. The van der Waals surface area contributed by atoms with Gasteiger partial charge in [0.25, 0.3) is 0 Å². The van der Waals surface area contributed by atoms with E-state index in [9.17, 15) is 21.6 Å². The van der Waals surface area contributed by atoms with Crippen molar-refractivity contribution in [3.8, 4) is 0 Å². The first-order valence-electron chi connectivity index (χ1n) is 5.53. The van der Waals surface area contributed by atoms with Gasteiger partial charge in [0.1, 0.15) is 0 Å². The van der Waals surface area contributed by atoms with E-state index in [2.05, 4.69) is 14.6 Å². The standard InChI is InChI=1S/C9H12F3N3O3S/c1-19(16,17)15-4-2-3-6(5-15)7-13-14-8(18-7)9(10,11)12/h6H,2-5H2,1H3/t6-/m0/s1. The van der Waals surface area contributed by atoms with Gasteiger partial charge >= 0.3 is 12.1 Å². The van der Waals surface area contributed by atoms with Crippen molar-refractivity contribution < 1.29 is 26.0 Å². The molecular formula is C9H12F3N3O3S. The summed E-state index contributed by atoms with van der Waals surface area (Å²) in [5.74, 6) is -2.06. The number of nitrogens with zero attached hydrogens (tertiary/aromatic N) is 3. The molecule has 0 aromatic carbocycles. The molecule has 2 heterocycles. The third kappa shape index (κ3) is 3.24. The van der Waals surface area contributed by atoms with Gasteiger partial charge in [-0.05, 0) is 12.8 Å². The Kier molecular flexibility index (Phi) is 3.56. The van der Waals surface area contributed by atoms with Gasteiger partial charge in [0.15, 0.2) is 0 Å². The van der Waals surface area contributed by atoms with Gasteiger partial charge in [-0.2, -0.15) is 13.2 Å². The molecule has 0 bridgehead atoms. The van der Waals surface area contributed by atoms with E-state index in [4.69, 9.17) is 0 Å². The lowest BCUT2D eigenvalue weighted by molar-refractivity contribution is -0.157. The second kappa shape index (κ2) is 4.75. The Balaban J connectivity index is 2.16. The summed E-state index contributed by atoms with van der Waals surface area (Å²) < 4.78 is 65.6. The van der Waals surface area contributed by atoms with Crippen molar-refractivity contribution in [3.05, 3.63) is 11.8 Å². The predicted molar refractivity (Wildman–Crippen MR) is 57.7 cm³/mol. The second-order valence-electron chi connectivity index (χ2n) is 4.40. The molecule has 1 aliphatic rings. The first kappa shape index (κ1) is 14.3. The van der Waals surface area contributed by atoms with E-state index in [1.807, 2.05) is 0 Å². The summed E-state index contributed by atoms with van der Waals surface area (Å²) >= 11 is 0. The Morgan fingerprint density at radius 1 is 1.37 bits per heavy atom. The molecule has 1 aliphatic heterocycles. The number of piperidine rings is 1. The minimum Gasteiger partial charge on any atom is -0.417 e. The Morgan fingerprint density at radius 2 is 2.05 bits per heavy atom. The number of sulfonamides is 1. The van der Waals surface area contributed by atoms with Crippen LogP contribution < -0.4 is 0 Å². The first-order valence-corrected chi connectivity index (χ1v) is 7.38. The van der Waals surface area contributed by atoms with Crippen LogP contribution in [0, 0.1) is 0 Å². The van der Waals surface area contributed by atoms with Crippen LogP contribution in [0.5, 0.6) is 0 Å². The zero-order valence-electron chi connectivity index (χ0n) is 10.0. The second-order valence-corrected chi connectivity index (χ2v) is 6.39. The largest absolute Gasteiger partial charge is 0.470 e. The highest BCUT2D eigenvalue weighted by molar-refractivity contribution is 7.88. The lowest BCUT2D eigenvalue weighted by Gasteiger charge is -2.28. The van der Waals surface area contributed by atoms with Crippen molar-refractivity contribution in [1.29, 1.82) is 0 Å². The Hall–Kier alpha value is -1.16. The molecule has 6 nitrogen and oxygen atoms in total. The van der Waals surface area contributed by atoms with E-state index >= 15 is 0 Å². The minimum atomic E-state index is -4.68. The number of hydrogen-bond acceptors (Lipinski definition) is 5. The van der Waals surface area contributed by atoms with Gasteiger partial charge in [-0.3, -0.25) is 0 Å². The summed E-state index contributed by atoms with van der Waals surface area (Å²) in [6, 6.07) is 0. The van der Waals surface area contributed by atoms with E-state index in [-0.39, 0.29) is 12.4 Å². The van der Waals surface area contributed by atoms with E-state index < -0.39 is 28.0 Å². The molecule has 1 saturated heterocycles. The summed E-state index contributed by atoms with van der Waals surface area (Å²) in [6.07, 6.45) is -2.56. The number of hydrogen-bond donors (Lipinski definition) is 0. The molecule has 0 radical (unpaired) electrons. The van der Waals surface area contributed by atoms with E-state index in [1.54, 1.807) is 0 Å². The van der Waals surface area contributed by atoms with Crippen LogP contribution in [0.2, 0.25) is 0 Å². The molecule has 1 aromatic rings. The number of halogens is 3. The fourth-order valence-electron chi connectivity index (χ4n) is 1.96. The molecule has 0 N–H and O–H groups in total. The Morgan fingerprint density at radius 3 is 2.58 bits per heavy atom. The maximum absolute atomic E-state index is 12.3. The topological polar surface area (TPSA) is 76.3 Å². The van der Waals surface area contributed by atoms with Crippen molar-refractivity contribution in [1.82, 2.24) is 14.5 Å². The van der Waals surface area contributed by atoms with Crippen molar-refractivity contribution in [2.45, 2.75) is 24.9 Å². The van der Waals surface area contributed by atoms with Crippen molar-refractivity contribution in [2.24, 2.45) is 0 Å². The summed E-state index contributed by atoms with van der Waals surface area (Å²) in [6.45, 7) is 0.425. The fourth-order valence-corrected chi connectivity index (χ4v) is 2.87. The van der Waals surface area contributed by atoms with E-state index in [0.29, 0.717) is 19.4 Å². The Labute approximate surface area is 107 Å². The van der Waals surface area contributed by atoms with Gasteiger partial charge in [-0.1, -0.05) is 0 Å². The fraction of sp³-hybridized carbons (Fsp3) is 0.778. The predicted octanol–water partition coefficient (Wildman–Crippen LogP) is 1.23. The third-order valence-corrected chi connectivity index (χ3v) is 4.16. The lowest BCUT2D eigenvalue weighted by atomic mass is 10.00. The highest BCUT2D eigenvalue weighted by Crippen LogP contribution is 2.32. The van der Waals surface area contributed by atoms with Gasteiger partial charge in [-0.15, -0.1) is 10.2 Å². The van der Waals surface area contributed by atoms with Crippen LogP contribution in [-0.4, -0.2) is 42.3 Å². The quantitative estimate of drug-likeness (QED) is 0.821. The Bertz CT molecular complexity index is 555. The van der Waals surface area contributed by atoms with Gasteiger partial charge in [-0.25, -0.2) is 12.7 Å². The summed E-state index contributed by atoms with van der Waals surface area (Å²) in [5.41, 5.74) is 0. The average molecular weight is 299 g/mol. The molecule has 2 rings (SSSR count). The van der Waals surface area contributed by atoms with Gasteiger partial charge in [0, 0.05) is 13.1 Å². The zero-order chi connectivity index (χ0) is 14.3. The van der Waals surface area contributed by atoms with Gasteiger partial charge in [0.2, 0.25) is 15.9 Å². The highest BCUT2D eigenvalue weighted by atomic mass is 32.2. The molecular weight excluding hydrogens is 287 g/mol. The number of alkyl halides is 3. The van der Waals surface area contributed by atoms with Crippen LogP contribution in [0.25, 0.3) is 0 Å². The minimum absolute atomic E-state index is 0.0678. The molecule has 10 heteroatoms. The van der Waals surface area contributed by atoms with Crippen LogP contribution >= 0.6 is 0 Å². The molecule has 0 unspecified atom stereocenters. The maximum atomic E-state index is 12.3. The first-order chi connectivity index (χ1) is 8.68. The molecule has 1 aromatic heterocycles. The molecule has 0 spiro atoms. The van der Waals surface area contributed by atoms with Crippen molar-refractivity contribution in [2.75, 3.05) is 19.3 Å². The zero-order valence-corrected chi connectivity index (χ0v) is 10.8. The molecule has 0 amide bonds. The monoisotopic (exact) mass is 299 g/mol. The number of rotatable bonds is 2. The average Bonchev–Trinajstić information content (AvgIpc) is 2.77. The molecule has 1 atom stereocenters. The van der Waals surface area contributed by atoms with Crippen LogP contribution in [0.4, 0.5) is 13.2 Å². The van der Waals surface area contributed by atoms with Gasteiger partial charge < -0.3 is 4.42 Å². The van der Waals surface area contributed by atoms with Crippen LogP contribution in [-0.2, 0) is 16.2 Å². The summed E-state index contributed by atoms with van der Waals surface area (Å²) in [7, 11) is -3.37. The third-order valence-electron chi connectivity index (χ3n) is 2.89. The highest BCUT2D eigenvalue weighted by Gasteiger charge is 2.39. The molecule has 1 fully saturated rings. The molecule has 0 aliphatic carbocycles. The summed E-state index contributed by atoms with van der Waals surface area (Å²) in [4.78, 5) is 0. The molecule has 19 heavy (non-hydrogen) atoms. The summed E-state index contributed by atoms with van der Waals surface area (Å²) in [5, 5.41) is 6.30. The van der Waals surface area contributed by atoms with Crippen LogP contribution in [0.15, 0.2) is 4.42 Å². The normalized spacial score (nSPS) is 22.6. The smallest absolute Gasteiger partial charge is 0.417 e. The number of aromatic nitrogens is 2. The molecule has 0 saturated carbocycles. The molecule has 108 valence electrons. The van der Waals surface area contributed by atoms with Crippen molar-refractivity contribution in [3.63, 3.8) is 0 Å². The van der Waals surface area contributed by atoms with E-state index in [1.165, 1.54) is 4.31 Å². The maximum Gasteiger partial charge on any atom is 0.470 e. The van der Waals surface area contributed by atoms with E-state index in [0.717, 1.165) is 6.26 Å². The van der Waals surface area contributed by atoms with Crippen molar-refractivity contribution >= 4 is 10.0 Å². The lowest BCUT2D eigenvalue weighted by Crippen LogP contribution is -2.38. The van der Waals surface area contributed by atoms with Gasteiger partial charge in [0.05, 0.1) is 12.2 Å². The van der Waals surface area contributed by atoms with Crippen LogP contribution in [0.3, 0.4) is 0 Å².